The van der Waals surface area contributed by atoms with Crippen LogP contribution in [0.4, 0.5) is 4.39 Å². The van der Waals surface area contributed by atoms with Gasteiger partial charge < -0.3 is 4.74 Å². The highest BCUT2D eigenvalue weighted by Gasteiger charge is 2.12. The third kappa shape index (κ3) is 3.38. The number of hydrogen-bond donors (Lipinski definition) is 0. The quantitative estimate of drug-likeness (QED) is 0.820. The predicted molar refractivity (Wildman–Crippen MR) is 88.4 cm³/mol. The van der Waals surface area contributed by atoms with Crippen molar-refractivity contribution in [2.24, 2.45) is 4.99 Å². The number of hydrogen-bond acceptors (Lipinski definition) is 4. The molecule has 0 bridgehead atoms. The Labute approximate surface area is 131 Å². The molecule has 3 nitrogen and oxygen atoms in total. The molecule has 110 valence electrons. The number of rotatable bonds is 4. The van der Waals surface area contributed by atoms with E-state index < -0.39 is 0 Å². The van der Waals surface area contributed by atoms with Gasteiger partial charge in [0.2, 0.25) is 0 Å². The molecule has 0 spiro atoms. The summed E-state index contributed by atoms with van der Waals surface area (Å²) in [5, 5.41) is 0.870. The van der Waals surface area contributed by atoms with E-state index in [0.29, 0.717) is 12.2 Å². The zero-order valence-electron chi connectivity index (χ0n) is 11.7. The van der Waals surface area contributed by atoms with Gasteiger partial charge in [0.05, 0.1) is 4.88 Å². The van der Waals surface area contributed by atoms with Gasteiger partial charge in [-0.05, 0) is 42.0 Å². The Hall–Kier alpha value is -2.53. The van der Waals surface area contributed by atoms with Gasteiger partial charge in [0, 0.05) is 25.0 Å². The summed E-state index contributed by atoms with van der Waals surface area (Å²) in [6.45, 7) is 3.72. The Balaban J connectivity index is 1.78. The van der Waals surface area contributed by atoms with Crippen LogP contribution in [0.2, 0.25) is 0 Å². The summed E-state index contributed by atoms with van der Waals surface area (Å²) in [6, 6.07) is 5.95. The number of nitrogens with zero attached hydrogens (tertiary/aromatic N) is 2. The van der Waals surface area contributed by atoms with E-state index in [2.05, 4.69) is 16.6 Å². The Morgan fingerprint density at radius 2 is 2.09 bits per heavy atom. The molecular weight excluding hydrogens is 299 g/mol. The van der Waals surface area contributed by atoms with Crippen molar-refractivity contribution in [3.63, 3.8) is 0 Å². The summed E-state index contributed by atoms with van der Waals surface area (Å²) < 4.78 is 18.7. The molecule has 1 aliphatic rings. The van der Waals surface area contributed by atoms with E-state index in [0.717, 1.165) is 21.2 Å². The maximum absolute atomic E-state index is 12.9. The molecule has 1 aromatic carbocycles. The average Bonchev–Trinajstić information content (AvgIpc) is 2.90. The molecule has 2 aromatic rings. The minimum atomic E-state index is -0.286. The van der Waals surface area contributed by atoms with Crippen LogP contribution in [0.25, 0.3) is 11.6 Å². The van der Waals surface area contributed by atoms with E-state index in [4.69, 9.17) is 4.74 Å². The van der Waals surface area contributed by atoms with E-state index >= 15 is 0 Å². The summed E-state index contributed by atoms with van der Waals surface area (Å²) >= 11 is 1.56. The SMILES string of the molecule is C=Cc1ncc(C2=CN=CC=C(Oc3ccc(F)cc3)C2)s1. The van der Waals surface area contributed by atoms with Gasteiger partial charge in [0.15, 0.2) is 0 Å². The molecular formula is C17H13FN2OS. The number of aliphatic imine (C=N–C) groups is 1. The largest absolute Gasteiger partial charge is 0.461 e. The minimum absolute atomic E-state index is 0.286. The Bertz CT molecular complexity index is 772. The van der Waals surface area contributed by atoms with Crippen LogP contribution in [-0.2, 0) is 0 Å². The molecule has 0 fully saturated rings. The van der Waals surface area contributed by atoms with Crippen LogP contribution in [0.1, 0.15) is 16.3 Å². The molecule has 5 heteroatoms. The normalized spacial score (nSPS) is 14.0. The summed E-state index contributed by atoms with van der Waals surface area (Å²) in [5.41, 5.74) is 1.02. The fraction of sp³-hybridized carbons (Fsp3) is 0.0588. The first-order chi connectivity index (χ1) is 10.7. The summed E-state index contributed by atoms with van der Waals surface area (Å²) in [4.78, 5) is 9.51. The molecule has 0 N–H and O–H groups in total. The second kappa shape index (κ2) is 6.49. The number of aromatic nitrogens is 1. The molecule has 0 saturated heterocycles. The molecule has 3 rings (SSSR count). The van der Waals surface area contributed by atoms with Gasteiger partial charge >= 0.3 is 0 Å². The van der Waals surface area contributed by atoms with Crippen molar-refractivity contribution in [3.8, 4) is 5.75 Å². The van der Waals surface area contributed by atoms with Crippen molar-refractivity contribution >= 4 is 29.2 Å². The first-order valence-electron chi connectivity index (χ1n) is 6.68. The smallest absolute Gasteiger partial charge is 0.127 e. The van der Waals surface area contributed by atoms with Gasteiger partial charge in [-0.2, -0.15) is 0 Å². The molecule has 2 heterocycles. The van der Waals surface area contributed by atoms with Gasteiger partial charge in [-0.1, -0.05) is 6.58 Å². The number of allylic oxidation sites excluding steroid dienone is 2. The zero-order chi connectivity index (χ0) is 15.4. The van der Waals surface area contributed by atoms with Crippen LogP contribution in [0.3, 0.4) is 0 Å². The van der Waals surface area contributed by atoms with Crippen molar-refractivity contribution in [2.45, 2.75) is 6.42 Å². The number of thiazole rings is 1. The van der Waals surface area contributed by atoms with Gasteiger partial charge in [0.1, 0.15) is 22.3 Å². The number of benzene rings is 1. The lowest BCUT2D eigenvalue weighted by molar-refractivity contribution is 0.417. The first kappa shape index (κ1) is 14.4. The van der Waals surface area contributed by atoms with E-state index in [1.807, 2.05) is 12.3 Å². The van der Waals surface area contributed by atoms with Gasteiger partial charge in [-0.25, -0.2) is 9.37 Å². The van der Waals surface area contributed by atoms with Crippen molar-refractivity contribution in [1.29, 1.82) is 0 Å². The minimum Gasteiger partial charge on any atom is -0.461 e. The highest BCUT2D eigenvalue weighted by Crippen LogP contribution is 2.30. The van der Waals surface area contributed by atoms with Gasteiger partial charge in [0.25, 0.3) is 0 Å². The molecule has 22 heavy (non-hydrogen) atoms. The second-order valence-electron chi connectivity index (χ2n) is 4.59. The van der Waals surface area contributed by atoms with Crippen LogP contribution in [0.15, 0.2) is 60.1 Å². The van der Waals surface area contributed by atoms with Crippen molar-refractivity contribution in [2.75, 3.05) is 0 Å². The van der Waals surface area contributed by atoms with Crippen LogP contribution < -0.4 is 4.74 Å². The third-order valence-corrected chi connectivity index (χ3v) is 4.09. The van der Waals surface area contributed by atoms with E-state index in [1.54, 1.807) is 42.0 Å². The topological polar surface area (TPSA) is 34.5 Å². The van der Waals surface area contributed by atoms with Crippen molar-refractivity contribution in [3.05, 3.63) is 70.8 Å². The van der Waals surface area contributed by atoms with E-state index in [-0.39, 0.29) is 5.82 Å². The Kier molecular flexibility index (Phi) is 4.25. The van der Waals surface area contributed by atoms with Crippen LogP contribution in [0, 0.1) is 5.82 Å². The summed E-state index contributed by atoms with van der Waals surface area (Å²) in [5.74, 6) is 1.05. The Morgan fingerprint density at radius 1 is 1.27 bits per heavy atom. The first-order valence-corrected chi connectivity index (χ1v) is 7.49. The number of ether oxygens (including phenoxy) is 1. The molecule has 1 aromatic heterocycles. The average molecular weight is 312 g/mol. The van der Waals surface area contributed by atoms with Crippen LogP contribution >= 0.6 is 11.3 Å². The van der Waals surface area contributed by atoms with Crippen molar-refractivity contribution in [1.82, 2.24) is 4.98 Å². The van der Waals surface area contributed by atoms with Crippen LogP contribution in [-0.4, -0.2) is 11.2 Å². The molecule has 1 aliphatic heterocycles. The highest BCUT2D eigenvalue weighted by atomic mass is 32.1. The lowest BCUT2D eigenvalue weighted by Gasteiger charge is -2.10. The standard InChI is InChI=1S/C17H13FN2OS/c1-2-17-20-11-16(22-17)12-9-15(7-8-19-10-12)21-14-5-3-13(18)4-6-14/h2-8,10-11H,1,9H2. The lowest BCUT2D eigenvalue weighted by Crippen LogP contribution is -1.97. The zero-order valence-corrected chi connectivity index (χ0v) is 12.5. The Morgan fingerprint density at radius 3 is 2.82 bits per heavy atom. The van der Waals surface area contributed by atoms with Crippen molar-refractivity contribution < 1.29 is 9.13 Å². The fourth-order valence-corrected chi connectivity index (χ4v) is 2.73. The van der Waals surface area contributed by atoms with Crippen LogP contribution in [0.5, 0.6) is 5.75 Å². The molecule has 0 unspecified atom stereocenters. The number of halogens is 1. The lowest BCUT2D eigenvalue weighted by atomic mass is 10.1. The predicted octanol–water partition coefficient (Wildman–Crippen LogP) is 4.70. The molecule has 0 amide bonds. The van der Waals surface area contributed by atoms with E-state index in [1.165, 1.54) is 12.1 Å². The maximum atomic E-state index is 12.9. The molecule has 0 radical (unpaired) electrons. The fourth-order valence-electron chi connectivity index (χ4n) is 1.96. The third-order valence-electron chi connectivity index (χ3n) is 3.02. The summed E-state index contributed by atoms with van der Waals surface area (Å²) in [6.07, 6.45) is 9.42. The molecule has 0 saturated carbocycles. The molecule has 0 atom stereocenters. The summed E-state index contributed by atoms with van der Waals surface area (Å²) in [7, 11) is 0. The highest BCUT2D eigenvalue weighted by molar-refractivity contribution is 7.13. The second-order valence-corrected chi connectivity index (χ2v) is 5.65. The maximum Gasteiger partial charge on any atom is 0.127 e. The monoisotopic (exact) mass is 312 g/mol. The van der Waals surface area contributed by atoms with Gasteiger partial charge in [-0.15, -0.1) is 11.3 Å². The van der Waals surface area contributed by atoms with E-state index in [9.17, 15) is 4.39 Å². The van der Waals surface area contributed by atoms with Gasteiger partial charge in [-0.3, -0.25) is 4.99 Å². The molecule has 0 aliphatic carbocycles.